The molecule has 0 bridgehead atoms. The van der Waals surface area contributed by atoms with E-state index in [1.54, 1.807) is 6.07 Å². The van der Waals surface area contributed by atoms with Gasteiger partial charge in [-0.05, 0) is 54.0 Å². The topological polar surface area (TPSA) is 89.9 Å². The van der Waals surface area contributed by atoms with Crippen LogP contribution in [-0.2, 0) is 21.4 Å². The number of aromatic hydroxyl groups is 1. The number of phenols is 1. The van der Waals surface area contributed by atoms with E-state index in [4.69, 9.17) is 5.11 Å². The summed E-state index contributed by atoms with van der Waals surface area (Å²) in [5.74, 6) is -0.964. The summed E-state index contributed by atoms with van der Waals surface area (Å²) in [5.41, 5.74) is 2.16. The summed E-state index contributed by atoms with van der Waals surface area (Å²) in [6.07, 6.45) is 1.49. The minimum atomic E-state index is -1.04. The van der Waals surface area contributed by atoms with Crippen molar-refractivity contribution in [1.82, 2.24) is 10.2 Å². The monoisotopic (exact) mass is 447 g/mol. The molecule has 167 valence electrons. The van der Waals surface area contributed by atoms with Crippen molar-refractivity contribution in [2.45, 2.75) is 32.1 Å². The Balaban J connectivity index is 0.00000363. The van der Waals surface area contributed by atoms with E-state index in [9.17, 15) is 14.7 Å². The fourth-order valence-electron chi connectivity index (χ4n) is 4.53. The van der Waals surface area contributed by atoms with Crippen molar-refractivity contribution in [3.05, 3.63) is 65.7 Å². The van der Waals surface area contributed by atoms with E-state index in [1.165, 1.54) is 0 Å². The summed E-state index contributed by atoms with van der Waals surface area (Å²) in [6, 6.07) is 17.3. The van der Waals surface area contributed by atoms with Crippen molar-refractivity contribution in [2.75, 3.05) is 26.2 Å². The van der Waals surface area contributed by atoms with Gasteiger partial charge in [0.15, 0.2) is 0 Å². The molecule has 0 unspecified atom stereocenters. The molecule has 1 aliphatic heterocycles. The zero-order valence-electron chi connectivity index (χ0n) is 19.3. The number of phenolic OH excluding ortho intramolecular Hbond substituents is 1. The quantitative estimate of drug-likeness (QED) is 0.542. The van der Waals surface area contributed by atoms with Gasteiger partial charge in [0, 0.05) is 42.6 Å². The first-order valence-electron chi connectivity index (χ1n) is 10.8. The van der Waals surface area contributed by atoms with Gasteiger partial charge in [-0.2, -0.15) is 0 Å². The predicted octanol–water partition coefficient (Wildman–Crippen LogP) is 2.67. The zero-order chi connectivity index (χ0) is 22.4. The maximum atomic E-state index is 12.8. The van der Waals surface area contributed by atoms with Gasteiger partial charge in [0.2, 0.25) is 5.91 Å². The number of carboxylic acid groups (broad SMARTS) is 1. The number of carbonyl (C=O) groups is 2. The third-order valence-corrected chi connectivity index (χ3v) is 6.66. The van der Waals surface area contributed by atoms with Gasteiger partial charge >= 0.3 is 5.97 Å². The molecular weight excluding hydrogens is 415 g/mol. The minimum absolute atomic E-state index is 0. The van der Waals surface area contributed by atoms with Gasteiger partial charge in [-0.25, -0.2) is 0 Å². The summed E-state index contributed by atoms with van der Waals surface area (Å²) in [5, 5.41) is 21.4. The van der Waals surface area contributed by atoms with Crippen molar-refractivity contribution < 1.29 is 19.8 Å². The molecule has 1 amide bonds. The van der Waals surface area contributed by atoms with Crippen molar-refractivity contribution in [2.24, 2.45) is 11.8 Å². The van der Waals surface area contributed by atoms with Crippen LogP contribution in [0.4, 0.5) is 0 Å². The van der Waals surface area contributed by atoms with E-state index < -0.39 is 5.97 Å². The number of benzene rings is 2. The summed E-state index contributed by atoms with van der Waals surface area (Å²) >= 11 is 0. The van der Waals surface area contributed by atoms with Gasteiger partial charge in [-0.15, -0.1) is 0 Å². The Bertz CT molecular complexity index is 908. The first kappa shape index (κ1) is 26.4. The Morgan fingerprint density at radius 2 is 1.91 bits per heavy atom. The number of hydrogen-bond donors (Lipinski definition) is 3. The Hall–Kier alpha value is -1.86. The van der Waals surface area contributed by atoms with E-state index in [-0.39, 0.29) is 59.1 Å². The van der Waals surface area contributed by atoms with Gasteiger partial charge in [0.05, 0.1) is 5.92 Å². The molecule has 1 aliphatic rings. The molecule has 0 aromatic heterocycles. The molecule has 6 nitrogen and oxygen atoms in total. The molecule has 1 saturated heterocycles. The summed E-state index contributed by atoms with van der Waals surface area (Å²) in [7, 11) is 0. The largest absolute Gasteiger partial charge is 0.508 e. The maximum Gasteiger partial charge on any atom is 0.322 e. The Kier molecular flexibility index (Phi) is 9.77. The van der Waals surface area contributed by atoms with E-state index in [2.05, 4.69) is 30.1 Å². The number of hydrogen-bond acceptors (Lipinski definition) is 4. The molecule has 1 heterocycles. The second-order valence-electron chi connectivity index (χ2n) is 8.88. The fourth-order valence-corrected chi connectivity index (χ4v) is 4.53. The Morgan fingerprint density at radius 1 is 1.19 bits per heavy atom. The first-order valence-corrected chi connectivity index (χ1v) is 10.8. The molecule has 32 heavy (non-hydrogen) atoms. The Morgan fingerprint density at radius 3 is 2.53 bits per heavy atom. The predicted molar refractivity (Wildman–Crippen MR) is 126 cm³/mol. The van der Waals surface area contributed by atoms with Gasteiger partial charge in [0.1, 0.15) is 12.3 Å². The number of aliphatic carboxylic acids is 1. The average Bonchev–Trinajstić information content (AvgIpc) is 2.75. The van der Waals surface area contributed by atoms with Crippen molar-refractivity contribution >= 4 is 41.4 Å². The number of likely N-dealkylation sites (tertiary alicyclic amines) is 1. The van der Waals surface area contributed by atoms with E-state index in [1.807, 2.05) is 42.5 Å². The van der Waals surface area contributed by atoms with Crippen LogP contribution in [0.25, 0.3) is 0 Å². The molecule has 7 heteroatoms. The molecule has 0 saturated carbocycles. The van der Waals surface area contributed by atoms with E-state index in [0.29, 0.717) is 18.9 Å². The molecule has 3 atom stereocenters. The van der Waals surface area contributed by atoms with Gasteiger partial charge in [-0.1, -0.05) is 56.3 Å². The fraction of sp³-hybridized carbons (Fsp3) is 0.440. The van der Waals surface area contributed by atoms with Gasteiger partial charge in [-0.3, -0.25) is 9.59 Å². The zero-order valence-corrected chi connectivity index (χ0v) is 21.3. The summed E-state index contributed by atoms with van der Waals surface area (Å²) in [6.45, 7) is 6.35. The van der Waals surface area contributed by atoms with E-state index in [0.717, 1.165) is 30.6 Å². The first-order chi connectivity index (χ1) is 14.8. The van der Waals surface area contributed by atoms with Crippen LogP contribution in [0.5, 0.6) is 5.75 Å². The molecule has 0 aliphatic carbocycles. The molecule has 1 radical (unpaired) electrons. The average molecular weight is 448 g/mol. The third-order valence-electron chi connectivity index (χ3n) is 6.66. The molecule has 2 aromatic rings. The van der Waals surface area contributed by atoms with Crippen LogP contribution in [0.2, 0.25) is 0 Å². The smallest absolute Gasteiger partial charge is 0.322 e. The van der Waals surface area contributed by atoms with Crippen molar-refractivity contribution in [3.8, 4) is 5.75 Å². The normalized spacial score (nSPS) is 21.9. The Labute approximate surface area is 212 Å². The maximum absolute atomic E-state index is 12.8. The van der Waals surface area contributed by atoms with Crippen LogP contribution in [-0.4, -0.2) is 82.7 Å². The summed E-state index contributed by atoms with van der Waals surface area (Å²) < 4.78 is 0. The van der Waals surface area contributed by atoms with Gasteiger partial charge < -0.3 is 20.4 Å². The number of rotatable bonds is 8. The number of carbonyl (C=O) groups excluding carboxylic acids is 1. The van der Waals surface area contributed by atoms with Crippen LogP contribution in [0.1, 0.15) is 31.4 Å². The molecular formula is C25H32N2NaO4. The third kappa shape index (κ3) is 6.82. The number of nitrogens with zero attached hydrogens (tertiary/aromatic N) is 1. The number of piperidine rings is 1. The second-order valence-corrected chi connectivity index (χ2v) is 8.88. The van der Waals surface area contributed by atoms with Crippen molar-refractivity contribution in [1.29, 1.82) is 0 Å². The molecule has 1 fully saturated rings. The second kappa shape index (κ2) is 11.8. The molecule has 3 N–H and O–H groups in total. The number of nitrogens with one attached hydrogen (secondary N) is 1. The van der Waals surface area contributed by atoms with E-state index >= 15 is 0 Å². The van der Waals surface area contributed by atoms with Crippen molar-refractivity contribution in [3.63, 3.8) is 0 Å². The minimum Gasteiger partial charge on any atom is -0.508 e. The molecule has 2 aromatic carbocycles. The van der Waals surface area contributed by atoms with Gasteiger partial charge in [0.25, 0.3) is 0 Å². The van der Waals surface area contributed by atoms with Crippen LogP contribution in [0.3, 0.4) is 0 Å². The molecule has 0 spiro atoms. The number of amides is 1. The molecule has 3 rings (SSSR count). The van der Waals surface area contributed by atoms with Crippen LogP contribution in [0, 0.1) is 11.8 Å². The van der Waals surface area contributed by atoms with Crippen LogP contribution in [0.15, 0.2) is 54.6 Å². The standard InChI is InChI=1S/C25H32N2O4.Na/c1-18-16-27(12-11-25(18,2)21-9-6-10-22(28)14-21)17-20(24(31)26-15-23(29)30)13-19-7-4-3-5-8-19;/h3-10,14,18,20,28H,11-13,15-17H2,1-2H3,(H,26,31)(H,29,30);/t18-,20-,25+;/m0./s1. The number of carboxylic acids is 1. The van der Waals surface area contributed by atoms with Crippen LogP contribution >= 0.6 is 0 Å². The SMILES string of the molecule is C[C@H]1CN(C[C@H](Cc2ccccc2)C(=O)NCC(=O)O)CC[C@@]1(C)c1cccc(O)c1.[Na]. The van der Waals surface area contributed by atoms with Crippen LogP contribution < -0.4 is 5.32 Å². The summed E-state index contributed by atoms with van der Waals surface area (Å²) in [4.78, 5) is 26.0.